The molecule has 5 nitrogen and oxygen atoms in total. The summed E-state index contributed by atoms with van der Waals surface area (Å²) >= 11 is 0. The van der Waals surface area contributed by atoms with Crippen molar-refractivity contribution in [3.63, 3.8) is 0 Å². The van der Waals surface area contributed by atoms with E-state index in [-0.39, 0.29) is 11.9 Å². The Bertz CT molecular complexity index is 816. The number of carbonyl (C=O) groups is 1. The van der Waals surface area contributed by atoms with E-state index in [0.29, 0.717) is 11.2 Å². The van der Waals surface area contributed by atoms with Crippen LogP contribution >= 0.6 is 0 Å². The summed E-state index contributed by atoms with van der Waals surface area (Å²) in [5.41, 5.74) is 1.67. The number of anilines is 1. The van der Waals surface area contributed by atoms with E-state index in [0.717, 1.165) is 43.7 Å². The summed E-state index contributed by atoms with van der Waals surface area (Å²) in [5, 5.41) is 0. The molecule has 174 valence electrons. The number of allylic oxidation sites excluding steroid dienone is 2. The van der Waals surface area contributed by atoms with Gasteiger partial charge < -0.3 is 9.64 Å². The molecule has 1 aliphatic carbocycles. The number of amides is 1. The summed E-state index contributed by atoms with van der Waals surface area (Å²) in [6.07, 6.45) is 19.6. The van der Waals surface area contributed by atoms with Crippen molar-refractivity contribution in [1.29, 1.82) is 0 Å². The average Bonchev–Trinajstić information content (AvgIpc) is 2.86. The number of hydrogen-bond acceptors (Lipinski definition) is 4. The largest absolute Gasteiger partial charge is 0.460 e. The lowest BCUT2D eigenvalue weighted by Crippen LogP contribution is -2.49. The standard InChI is InChI=1S/C27H39N3O2/c1-3-27(14-6-4-7-15-27)16-19-29-17-12-23(13-18-29)30(25-11-10-22(2)21-28-25)26(31)24-9-5-8-20-32-24/h8-11,20-21,23H,3-7,12-19H2,1-2H3. The lowest BCUT2D eigenvalue weighted by Gasteiger charge is -2.41. The fourth-order valence-electron chi connectivity index (χ4n) is 5.59. The number of hydrogen-bond donors (Lipinski definition) is 0. The van der Waals surface area contributed by atoms with Gasteiger partial charge >= 0.3 is 0 Å². The first-order valence-electron chi connectivity index (χ1n) is 12.6. The number of rotatable bonds is 7. The molecule has 0 unspecified atom stereocenters. The van der Waals surface area contributed by atoms with Crippen molar-refractivity contribution in [2.75, 3.05) is 24.5 Å². The molecular weight excluding hydrogens is 398 g/mol. The quantitative estimate of drug-likeness (QED) is 0.544. The lowest BCUT2D eigenvalue weighted by molar-refractivity contribution is -0.118. The van der Waals surface area contributed by atoms with Crippen molar-refractivity contribution in [2.45, 2.75) is 84.1 Å². The van der Waals surface area contributed by atoms with Gasteiger partial charge in [0.05, 0.1) is 6.26 Å². The van der Waals surface area contributed by atoms with Crippen molar-refractivity contribution in [1.82, 2.24) is 9.88 Å². The molecule has 1 aromatic rings. The Balaban J connectivity index is 1.40. The van der Waals surface area contributed by atoms with Gasteiger partial charge in [0, 0.05) is 25.3 Å². The number of nitrogens with zero attached hydrogens (tertiary/aromatic N) is 3. The number of aryl methyl sites for hydroxylation is 1. The molecule has 0 bridgehead atoms. The molecular formula is C27H39N3O2. The maximum atomic E-state index is 13.4. The number of likely N-dealkylation sites (tertiary alicyclic amines) is 1. The highest BCUT2D eigenvalue weighted by atomic mass is 16.5. The van der Waals surface area contributed by atoms with Crippen molar-refractivity contribution in [3.05, 3.63) is 48.1 Å². The van der Waals surface area contributed by atoms with Crippen LogP contribution in [0.15, 0.2) is 42.5 Å². The van der Waals surface area contributed by atoms with E-state index >= 15 is 0 Å². The van der Waals surface area contributed by atoms with Crippen molar-refractivity contribution in [2.24, 2.45) is 5.41 Å². The molecule has 3 aliphatic rings. The Kier molecular flexibility index (Phi) is 7.67. The van der Waals surface area contributed by atoms with E-state index in [2.05, 4.69) is 16.8 Å². The third kappa shape index (κ3) is 5.43. The summed E-state index contributed by atoms with van der Waals surface area (Å²) in [4.78, 5) is 22.5. The Morgan fingerprint density at radius 2 is 2.00 bits per heavy atom. The number of piperidine rings is 1. The summed E-state index contributed by atoms with van der Waals surface area (Å²) in [6, 6.07) is 4.15. The topological polar surface area (TPSA) is 45.7 Å². The van der Waals surface area contributed by atoms with Gasteiger partial charge in [-0.3, -0.25) is 9.69 Å². The van der Waals surface area contributed by atoms with Gasteiger partial charge in [-0.25, -0.2) is 4.98 Å². The Morgan fingerprint density at radius 3 is 2.62 bits per heavy atom. The van der Waals surface area contributed by atoms with E-state index in [1.165, 1.54) is 51.5 Å². The molecule has 3 heterocycles. The smallest absolute Gasteiger partial charge is 0.295 e. The summed E-state index contributed by atoms with van der Waals surface area (Å²) in [5.74, 6) is 1.07. The SMILES string of the molecule is CCC1(CCN2CCC(N(C(=O)C3=CCC=CO3)c3ccc(C)cn3)CC2)CCCCC1. The van der Waals surface area contributed by atoms with Crippen LogP contribution in [-0.4, -0.2) is 41.5 Å². The second-order valence-electron chi connectivity index (χ2n) is 9.90. The van der Waals surface area contributed by atoms with Crippen LogP contribution in [0, 0.1) is 12.3 Å². The maximum absolute atomic E-state index is 13.4. The van der Waals surface area contributed by atoms with Crippen LogP contribution in [0.1, 0.15) is 76.7 Å². The van der Waals surface area contributed by atoms with Crippen molar-refractivity contribution < 1.29 is 9.53 Å². The van der Waals surface area contributed by atoms with Gasteiger partial charge in [-0.05, 0) is 81.2 Å². The van der Waals surface area contributed by atoms with Crippen molar-refractivity contribution in [3.8, 4) is 0 Å². The van der Waals surface area contributed by atoms with Crippen LogP contribution in [0.25, 0.3) is 0 Å². The summed E-state index contributed by atoms with van der Waals surface area (Å²) in [7, 11) is 0. The van der Waals surface area contributed by atoms with E-state index in [9.17, 15) is 4.79 Å². The number of pyridine rings is 1. The minimum atomic E-state index is -0.0729. The first-order valence-corrected chi connectivity index (χ1v) is 12.6. The molecule has 5 heteroatoms. The fraction of sp³-hybridized carbons (Fsp3) is 0.630. The minimum absolute atomic E-state index is 0.0729. The highest BCUT2D eigenvalue weighted by Crippen LogP contribution is 2.42. The molecule has 0 N–H and O–H groups in total. The highest BCUT2D eigenvalue weighted by Gasteiger charge is 2.34. The van der Waals surface area contributed by atoms with Crippen molar-refractivity contribution >= 4 is 11.7 Å². The minimum Gasteiger partial charge on any atom is -0.460 e. The molecule has 1 aromatic heterocycles. The Morgan fingerprint density at radius 1 is 1.22 bits per heavy atom. The number of carbonyl (C=O) groups excluding carboxylic acids is 1. The van der Waals surface area contributed by atoms with E-state index < -0.39 is 0 Å². The first kappa shape index (κ1) is 23.0. The molecule has 0 spiro atoms. The van der Waals surface area contributed by atoms with Gasteiger partial charge in [-0.1, -0.05) is 38.7 Å². The zero-order valence-corrected chi connectivity index (χ0v) is 19.9. The Hall–Kier alpha value is -2.14. The molecule has 4 rings (SSSR count). The van der Waals surface area contributed by atoms with Gasteiger partial charge in [0.2, 0.25) is 0 Å². The second kappa shape index (κ2) is 10.7. The van der Waals surface area contributed by atoms with E-state index in [1.54, 1.807) is 6.26 Å². The normalized spacial score (nSPS) is 21.6. The lowest BCUT2D eigenvalue weighted by atomic mass is 9.70. The summed E-state index contributed by atoms with van der Waals surface area (Å²) in [6.45, 7) is 7.68. The van der Waals surface area contributed by atoms with Gasteiger partial charge in [0.15, 0.2) is 5.76 Å². The zero-order chi connectivity index (χ0) is 22.4. The predicted molar refractivity (Wildman–Crippen MR) is 129 cm³/mol. The molecule has 1 saturated carbocycles. The third-order valence-electron chi connectivity index (χ3n) is 7.85. The highest BCUT2D eigenvalue weighted by molar-refractivity contribution is 6.04. The fourth-order valence-corrected chi connectivity index (χ4v) is 5.59. The molecule has 1 amide bonds. The van der Waals surface area contributed by atoms with Crippen LogP contribution in [0.5, 0.6) is 0 Å². The van der Waals surface area contributed by atoms with Gasteiger partial charge in [-0.15, -0.1) is 0 Å². The molecule has 2 fully saturated rings. The molecule has 1 saturated heterocycles. The van der Waals surface area contributed by atoms with Gasteiger partial charge in [0.1, 0.15) is 5.82 Å². The average molecular weight is 438 g/mol. The predicted octanol–water partition coefficient (Wildman–Crippen LogP) is 5.76. The number of aromatic nitrogens is 1. The van der Waals surface area contributed by atoms with E-state index in [4.69, 9.17) is 4.74 Å². The van der Waals surface area contributed by atoms with E-state index in [1.807, 2.05) is 42.3 Å². The van der Waals surface area contributed by atoms with Crippen LogP contribution in [0.4, 0.5) is 5.82 Å². The second-order valence-corrected chi connectivity index (χ2v) is 9.90. The Labute approximate surface area is 193 Å². The summed E-state index contributed by atoms with van der Waals surface area (Å²) < 4.78 is 5.56. The molecule has 0 atom stereocenters. The van der Waals surface area contributed by atoms with Gasteiger partial charge in [0.25, 0.3) is 5.91 Å². The molecule has 0 aromatic carbocycles. The third-order valence-corrected chi connectivity index (χ3v) is 7.85. The zero-order valence-electron chi connectivity index (χ0n) is 19.9. The van der Waals surface area contributed by atoms with Crippen LogP contribution in [-0.2, 0) is 9.53 Å². The van der Waals surface area contributed by atoms with Crippen LogP contribution < -0.4 is 4.90 Å². The molecule has 32 heavy (non-hydrogen) atoms. The number of ether oxygens (including phenoxy) is 1. The molecule has 0 radical (unpaired) electrons. The van der Waals surface area contributed by atoms with Gasteiger partial charge in [-0.2, -0.15) is 0 Å². The molecule has 2 aliphatic heterocycles. The monoisotopic (exact) mass is 437 g/mol. The maximum Gasteiger partial charge on any atom is 0.295 e. The first-order chi connectivity index (χ1) is 15.6. The van der Waals surface area contributed by atoms with Crippen LogP contribution in [0.3, 0.4) is 0 Å². The van der Waals surface area contributed by atoms with Crippen LogP contribution in [0.2, 0.25) is 0 Å².